The molecular weight excluding hydrogens is 305 g/mol. The van der Waals surface area contributed by atoms with Crippen molar-refractivity contribution >= 4 is 24.5 Å². The van der Waals surface area contributed by atoms with Gasteiger partial charge in [-0.05, 0) is 17.7 Å². The van der Waals surface area contributed by atoms with E-state index in [2.05, 4.69) is 4.99 Å². The van der Waals surface area contributed by atoms with Crippen LogP contribution in [0.3, 0.4) is 0 Å². The van der Waals surface area contributed by atoms with Crippen LogP contribution in [0.2, 0.25) is 0 Å². The van der Waals surface area contributed by atoms with E-state index in [1.807, 2.05) is 58.0 Å². The highest BCUT2D eigenvalue weighted by Gasteiger charge is 2.11. The Balaban J connectivity index is 0. The van der Waals surface area contributed by atoms with E-state index < -0.39 is 9.84 Å². The number of nitrogens with zero attached hydrogens (tertiary/aromatic N) is 1. The molecule has 2 aromatic rings. The minimum absolute atomic E-state index is 0. The molecule has 0 heterocycles. The van der Waals surface area contributed by atoms with E-state index in [4.69, 9.17) is 0 Å². The minimum Gasteiger partial charge on any atom is -0.276 e. The fraction of sp³-hybridized carbons (Fsp3) is 0.278. The van der Waals surface area contributed by atoms with Crippen molar-refractivity contribution in [1.29, 1.82) is 0 Å². The van der Waals surface area contributed by atoms with Crippen molar-refractivity contribution in [3.63, 3.8) is 0 Å². The van der Waals surface area contributed by atoms with E-state index in [-0.39, 0.29) is 14.3 Å². The Bertz CT molecular complexity index is 627. The summed E-state index contributed by atoms with van der Waals surface area (Å²) in [5.41, 5.74) is 0.890. The molecule has 0 N–H and O–H groups in total. The third-order valence-corrected chi connectivity index (χ3v) is 3.87. The number of aliphatic imine (C=N–C) groups is 1. The zero-order chi connectivity index (χ0) is 16.8. The fourth-order valence-corrected chi connectivity index (χ4v) is 2.47. The summed E-state index contributed by atoms with van der Waals surface area (Å²) in [6.07, 6.45) is 1.57. The Morgan fingerprint density at radius 1 is 0.826 bits per heavy atom. The van der Waals surface area contributed by atoms with Gasteiger partial charge in [0.15, 0.2) is 9.84 Å². The van der Waals surface area contributed by atoms with Gasteiger partial charge in [-0.3, -0.25) is 4.99 Å². The molecule has 0 amide bonds. The summed E-state index contributed by atoms with van der Waals surface area (Å²) in [6.45, 7) is 8.00. The van der Waals surface area contributed by atoms with Gasteiger partial charge >= 0.3 is 0 Å². The second-order valence-electron chi connectivity index (χ2n) is 3.78. The Kier molecular flexibility index (Phi) is 14.0. The molecule has 0 aliphatic heterocycles. The van der Waals surface area contributed by atoms with Crippen LogP contribution in [0.4, 0.5) is 0 Å². The van der Waals surface area contributed by atoms with Gasteiger partial charge in [0, 0.05) is 14.6 Å². The lowest BCUT2D eigenvalue weighted by molar-refractivity contribution is 0.596. The summed E-state index contributed by atoms with van der Waals surface area (Å²) in [5, 5.41) is 0. The van der Waals surface area contributed by atoms with Gasteiger partial charge in [0.05, 0.1) is 4.90 Å². The summed E-state index contributed by atoms with van der Waals surface area (Å²) >= 11 is 0. The third-order valence-electron chi connectivity index (χ3n) is 2.39. The topological polar surface area (TPSA) is 46.5 Å². The van der Waals surface area contributed by atoms with Crippen molar-refractivity contribution in [2.75, 3.05) is 5.88 Å². The van der Waals surface area contributed by atoms with Gasteiger partial charge in [-0.2, -0.15) is 0 Å². The summed E-state index contributed by atoms with van der Waals surface area (Å²) in [5.74, 6) is -0.230. The molecule has 0 saturated carbocycles. The van der Waals surface area contributed by atoms with Crippen LogP contribution in [-0.2, 0) is 9.84 Å². The number of hydrogen-bond acceptors (Lipinski definition) is 3. The van der Waals surface area contributed by atoms with E-state index >= 15 is 0 Å². The van der Waals surface area contributed by atoms with Gasteiger partial charge in [0.25, 0.3) is 0 Å². The maximum atomic E-state index is 11.9. The van der Waals surface area contributed by atoms with Gasteiger partial charge in [-0.25, -0.2) is 8.42 Å². The molecule has 0 aliphatic rings. The Labute approximate surface area is 143 Å². The monoisotopic (exact) mass is 330 g/mol. The second-order valence-corrected chi connectivity index (χ2v) is 5.74. The lowest BCUT2D eigenvalue weighted by Crippen LogP contribution is -2.04. The molecule has 5 heteroatoms. The Morgan fingerprint density at radius 2 is 1.26 bits per heavy atom. The molecule has 2 rings (SSSR count). The standard InChI is InChI=1S/C14H13NO2S.2C2H6.B/c16-18(17,14-9-5-2-6-10-14)12-15-11-13-7-3-1-4-8-13;2*1-2;/h1-11H,12H2;2*1-2H3;. The number of rotatable bonds is 4. The average molecular weight is 330 g/mol. The van der Waals surface area contributed by atoms with Crippen molar-refractivity contribution < 1.29 is 8.42 Å². The van der Waals surface area contributed by atoms with E-state index in [9.17, 15) is 8.42 Å². The first-order valence-electron chi connectivity index (χ1n) is 7.51. The first kappa shape index (κ1) is 23.4. The lowest BCUT2D eigenvalue weighted by Gasteiger charge is -2.00. The summed E-state index contributed by atoms with van der Waals surface area (Å²) in [4.78, 5) is 4.28. The number of sulfone groups is 1. The largest absolute Gasteiger partial charge is 0.276 e. The molecule has 3 nitrogen and oxygen atoms in total. The predicted molar refractivity (Wildman–Crippen MR) is 101 cm³/mol. The van der Waals surface area contributed by atoms with Crippen LogP contribution in [0, 0.1) is 0 Å². The molecule has 123 valence electrons. The molecule has 0 fully saturated rings. The number of benzene rings is 2. The van der Waals surface area contributed by atoms with Crippen molar-refractivity contribution in [2.24, 2.45) is 4.99 Å². The van der Waals surface area contributed by atoms with Crippen LogP contribution < -0.4 is 0 Å². The van der Waals surface area contributed by atoms with Crippen molar-refractivity contribution in [3.8, 4) is 0 Å². The highest BCUT2D eigenvalue weighted by molar-refractivity contribution is 7.91. The van der Waals surface area contributed by atoms with Crippen molar-refractivity contribution in [2.45, 2.75) is 32.6 Å². The van der Waals surface area contributed by atoms with Crippen LogP contribution >= 0.6 is 0 Å². The lowest BCUT2D eigenvalue weighted by atomic mass is 10.2. The smallest absolute Gasteiger partial charge is 0.198 e. The highest BCUT2D eigenvalue weighted by atomic mass is 32.2. The third kappa shape index (κ3) is 8.99. The highest BCUT2D eigenvalue weighted by Crippen LogP contribution is 2.10. The van der Waals surface area contributed by atoms with E-state index in [0.29, 0.717) is 4.90 Å². The maximum Gasteiger partial charge on any atom is 0.198 e. The maximum absolute atomic E-state index is 11.9. The fourth-order valence-electron chi connectivity index (χ4n) is 1.48. The molecule has 0 aromatic heterocycles. The zero-order valence-electron chi connectivity index (χ0n) is 14.3. The quantitative estimate of drug-likeness (QED) is 0.623. The van der Waals surface area contributed by atoms with Crippen LogP contribution in [0.1, 0.15) is 33.3 Å². The Morgan fingerprint density at radius 3 is 1.74 bits per heavy atom. The average Bonchev–Trinajstić information content (AvgIpc) is 2.60. The van der Waals surface area contributed by atoms with Gasteiger partial charge < -0.3 is 0 Å². The van der Waals surface area contributed by atoms with Crippen LogP contribution in [0.15, 0.2) is 70.6 Å². The number of hydrogen-bond donors (Lipinski definition) is 0. The van der Waals surface area contributed by atoms with Gasteiger partial charge in [0.1, 0.15) is 5.88 Å². The van der Waals surface area contributed by atoms with E-state index in [0.717, 1.165) is 5.56 Å². The Hall–Kier alpha value is -1.88. The van der Waals surface area contributed by atoms with Crippen LogP contribution in [0.25, 0.3) is 0 Å². The minimum atomic E-state index is -3.33. The molecule has 0 spiro atoms. The summed E-state index contributed by atoms with van der Waals surface area (Å²) < 4.78 is 23.8. The molecule has 0 unspecified atom stereocenters. The molecule has 0 atom stereocenters. The van der Waals surface area contributed by atoms with Crippen molar-refractivity contribution in [1.82, 2.24) is 0 Å². The van der Waals surface area contributed by atoms with E-state index in [1.54, 1.807) is 36.5 Å². The van der Waals surface area contributed by atoms with Crippen LogP contribution in [0.5, 0.6) is 0 Å². The molecule has 3 radical (unpaired) electrons. The zero-order valence-corrected chi connectivity index (χ0v) is 15.1. The molecular formula is C18H25BNO2S. The van der Waals surface area contributed by atoms with Gasteiger partial charge in [-0.15, -0.1) is 0 Å². The van der Waals surface area contributed by atoms with Crippen LogP contribution in [-0.4, -0.2) is 28.9 Å². The van der Waals surface area contributed by atoms with Crippen molar-refractivity contribution in [3.05, 3.63) is 66.2 Å². The van der Waals surface area contributed by atoms with Gasteiger partial charge in [0.2, 0.25) is 0 Å². The second kappa shape index (κ2) is 13.8. The normalized spacial score (nSPS) is 9.74. The first-order chi connectivity index (χ1) is 10.7. The predicted octanol–water partition coefficient (Wildman–Crippen LogP) is 4.21. The summed E-state index contributed by atoms with van der Waals surface area (Å²) in [6, 6.07) is 17.8. The van der Waals surface area contributed by atoms with Gasteiger partial charge in [-0.1, -0.05) is 76.2 Å². The molecule has 2 aromatic carbocycles. The summed E-state index contributed by atoms with van der Waals surface area (Å²) in [7, 11) is -3.33. The molecule has 23 heavy (non-hydrogen) atoms. The molecule has 0 saturated heterocycles. The SMILES string of the molecule is CC.CC.O=S(=O)(CN=Cc1ccccc1)c1ccccc1.[B]. The first-order valence-corrected chi connectivity index (χ1v) is 9.16. The molecule has 0 bridgehead atoms. The van der Waals surface area contributed by atoms with E-state index in [1.165, 1.54) is 0 Å². The molecule has 0 aliphatic carbocycles.